The van der Waals surface area contributed by atoms with E-state index in [1.165, 1.54) is 24.3 Å². The molecule has 4 rings (SSSR count). The van der Waals surface area contributed by atoms with Crippen LogP contribution in [0.15, 0.2) is 70.7 Å². The van der Waals surface area contributed by atoms with Gasteiger partial charge in [-0.15, -0.1) is 0 Å². The molecule has 4 amide bonds. The molecule has 1 fully saturated rings. The van der Waals surface area contributed by atoms with Crippen LogP contribution in [0.5, 0.6) is 5.75 Å². The molecule has 0 unspecified atom stereocenters. The number of amides is 4. The van der Waals surface area contributed by atoms with E-state index >= 15 is 0 Å². The number of para-hydroxylation sites is 1. The molecule has 1 aliphatic heterocycles. The Morgan fingerprint density at radius 2 is 1.79 bits per heavy atom. The molecule has 1 heterocycles. The number of carbonyl (C=O) groups excluding carboxylic acids is 3. The highest BCUT2D eigenvalue weighted by Gasteiger charge is 2.38. The summed E-state index contributed by atoms with van der Waals surface area (Å²) < 4.78 is 20.8. The van der Waals surface area contributed by atoms with Gasteiger partial charge in [0.1, 0.15) is 23.7 Å². The summed E-state index contributed by atoms with van der Waals surface area (Å²) in [5, 5.41) is 2.98. The SMILES string of the molecule is O=C1NC(=O)N(c2ccccc2F)C(=O)/C1=C\c1cc(Br)ccc1OCc1ccc(Cl)cc1Cl. The third-order valence-corrected chi connectivity index (χ3v) is 5.95. The number of benzene rings is 3. The fraction of sp³-hybridized carbons (Fsp3) is 0.0417. The molecule has 0 radical (unpaired) electrons. The number of barbiturate groups is 1. The molecule has 172 valence electrons. The topological polar surface area (TPSA) is 75.7 Å². The predicted octanol–water partition coefficient (Wildman–Crippen LogP) is 6.14. The summed E-state index contributed by atoms with van der Waals surface area (Å²) in [6.45, 7) is 0.0911. The molecule has 1 N–H and O–H groups in total. The number of halogens is 4. The van der Waals surface area contributed by atoms with Crippen molar-refractivity contribution >= 4 is 68.7 Å². The van der Waals surface area contributed by atoms with Gasteiger partial charge in [0.25, 0.3) is 11.8 Å². The van der Waals surface area contributed by atoms with Gasteiger partial charge in [0.15, 0.2) is 0 Å². The van der Waals surface area contributed by atoms with E-state index in [-0.39, 0.29) is 17.9 Å². The van der Waals surface area contributed by atoms with Crippen LogP contribution in [0.25, 0.3) is 6.08 Å². The highest BCUT2D eigenvalue weighted by molar-refractivity contribution is 9.10. The third kappa shape index (κ3) is 4.99. The van der Waals surface area contributed by atoms with Crippen LogP contribution in [0.4, 0.5) is 14.9 Å². The van der Waals surface area contributed by atoms with Gasteiger partial charge in [-0.2, -0.15) is 0 Å². The maximum atomic E-state index is 14.3. The molecule has 0 aliphatic carbocycles. The number of ether oxygens (including phenoxy) is 1. The summed E-state index contributed by atoms with van der Waals surface area (Å²) >= 11 is 15.5. The largest absolute Gasteiger partial charge is 0.488 e. The second-order valence-corrected chi connectivity index (χ2v) is 8.88. The Morgan fingerprint density at radius 1 is 1.03 bits per heavy atom. The second-order valence-electron chi connectivity index (χ2n) is 7.12. The summed E-state index contributed by atoms with van der Waals surface area (Å²) in [5.41, 5.74) is 0.415. The van der Waals surface area contributed by atoms with E-state index in [9.17, 15) is 18.8 Å². The van der Waals surface area contributed by atoms with Gasteiger partial charge in [-0.05, 0) is 48.5 Å². The van der Waals surface area contributed by atoms with Gasteiger partial charge < -0.3 is 4.74 Å². The molecule has 0 aromatic heterocycles. The Morgan fingerprint density at radius 3 is 2.53 bits per heavy atom. The molecule has 0 spiro atoms. The number of nitrogens with zero attached hydrogens (tertiary/aromatic N) is 1. The zero-order valence-corrected chi connectivity index (χ0v) is 20.2. The van der Waals surface area contributed by atoms with Crippen molar-refractivity contribution in [3.8, 4) is 5.75 Å². The van der Waals surface area contributed by atoms with E-state index in [4.69, 9.17) is 27.9 Å². The van der Waals surface area contributed by atoms with Gasteiger partial charge in [-0.1, -0.05) is 57.3 Å². The quantitative estimate of drug-likeness (QED) is 0.299. The summed E-state index contributed by atoms with van der Waals surface area (Å²) in [4.78, 5) is 38.5. The number of rotatable bonds is 5. The number of carbonyl (C=O) groups is 3. The van der Waals surface area contributed by atoms with E-state index in [1.54, 1.807) is 36.4 Å². The van der Waals surface area contributed by atoms with Crippen LogP contribution in [0.3, 0.4) is 0 Å². The van der Waals surface area contributed by atoms with Crippen molar-refractivity contribution in [3.05, 3.63) is 97.7 Å². The lowest BCUT2D eigenvalue weighted by Gasteiger charge is -2.26. The van der Waals surface area contributed by atoms with Crippen LogP contribution in [-0.4, -0.2) is 17.8 Å². The fourth-order valence-corrected chi connectivity index (χ4v) is 4.06. The molecule has 10 heteroatoms. The molecule has 0 atom stereocenters. The first-order valence-electron chi connectivity index (χ1n) is 9.77. The van der Waals surface area contributed by atoms with Gasteiger partial charge in [-0.3, -0.25) is 14.9 Å². The van der Waals surface area contributed by atoms with Crippen molar-refractivity contribution in [2.24, 2.45) is 0 Å². The molecule has 0 bridgehead atoms. The van der Waals surface area contributed by atoms with Crippen molar-refractivity contribution < 1.29 is 23.5 Å². The highest BCUT2D eigenvalue weighted by atomic mass is 79.9. The number of anilines is 1. The average Bonchev–Trinajstić information content (AvgIpc) is 2.78. The van der Waals surface area contributed by atoms with Gasteiger partial charge in [-0.25, -0.2) is 14.1 Å². The number of imide groups is 2. The van der Waals surface area contributed by atoms with Gasteiger partial charge in [0, 0.05) is 25.6 Å². The summed E-state index contributed by atoms with van der Waals surface area (Å²) in [5.74, 6) is -2.32. The lowest BCUT2D eigenvalue weighted by Crippen LogP contribution is -2.54. The monoisotopic (exact) mass is 562 g/mol. The summed E-state index contributed by atoms with van der Waals surface area (Å²) in [6, 6.07) is 14.2. The molecule has 3 aromatic carbocycles. The normalized spacial score (nSPS) is 15.0. The Balaban J connectivity index is 1.69. The summed E-state index contributed by atoms with van der Waals surface area (Å²) in [6.07, 6.45) is 1.28. The van der Waals surface area contributed by atoms with Crippen LogP contribution in [0.1, 0.15) is 11.1 Å². The van der Waals surface area contributed by atoms with Crippen molar-refractivity contribution in [2.45, 2.75) is 6.61 Å². The van der Waals surface area contributed by atoms with E-state index in [0.29, 0.717) is 36.3 Å². The van der Waals surface area contributed by atoms with Crippen LogP contribution in [-0.2, 0) is 16.2 Å². The number of hydrogen-bond acceptors (Lipinski definition) is 4. The van der Waals surface area contributed by atoms with E-state index < -0.39 is 23.7 Å². The first-order chi connectivity index (χ1) is 16.2. The Hall–Kier alpha value is -3.20. The van der Waals surface area contributed by atoms with E-state index in [1.807, 2.05) is 0 Å². The van der Waals surface area contributed by atoms with Gasteiger partial charge in [0.2, 0.25) is 0 Å². The van der Waals surface area contributed by atoms with Crippen molar-refractivity contribution in [1.82, 2.24) is 5.32 Å². The smallest absolute Gasteiger partial charge is 0.336 e. The van der Waals surface area contributed by atoms with Crippen LogP contribution < -0.4 is 15.0 Å². The molecule has 34 heavy (non-hydrogen) atoms. The Labute approximate surface area is 212 Å². The Bertz CT molecular complexity index is 1360. The van der Waals surface area contributed by atoms with E-state index in [0.717, 1.165) is 6.07 Å². The molecular formula is C24H14BrCl2FN2O4. The summed E-state index contributed by atoms with van der Waals surface area (Å²) in [7, 11) is 0. The van der Waals surface area contributed by atoms with Crippen molar-refractivity contribution in [2.75, 3.05) is 4.90 Å². The second kappa shape index (κ2) is 9.97. The lowest BCUT2D eigenvalue weighted by molar-refractivity contribution is -0.122. The number of urea groups is 1. The Kier molecular flexibility index (Phi) is 7.02. The first-order valence-corrected chi connectivity index (χ1v) is 11.3. The van der Waals surface area contributed by atoms with Gasteiger partial charge >= 0.3 is 6.03 Å². The maximum Gasteiger partial charge on any atom is 0.336 e. The first kappa shape index (κ1) is 23.9. The lowest BCUT2D eigenvalue weighted by atomic mass is 10.1. The molecular weight excluding hydrogens is 550 g/mol. The van der Waals surface area contributed by atoms with Crippen molar-refractivity contribution in [1.29, 1.82) is 0 Å². The molecule has 3 aromatic rings. The van der Waals surface area contributed by atoms with Crippen LogP contribution >= 0.6 is 39.1 Å². The standard InChI is InChI=1S/C24H14BrCl2FN2O4/c25-15-6-8-21(34-12-13-5-7-16(26)11-18(13)27)14(9-15)10-17-22(31)29-24(33)30(23(17)32)20-4-2-1-3-19(20)28/h1-11H,12H2,(H,29,31,33)/b17-10-. The highest BCUT2D eigenvalue weighted by Crippen LogP contribution is 2.30. The van der Waals surface area contributed by atoms with Crippen molar-refractivity contribution in [3.63, 3.8) is 0 Å². The minimum Gasteiger partial charge on any atom is -0.488 e. The minimum atomic E-state index is -1.04. The molecule has 0 saturated carbocycles. The fourth-order valence-electron chi connectivity index (χ4n) is 3.22. The number of hydrogen-bond donors (Lipinski definition) is 1. The average molecular weight is 564 g/mol. The van der Waals surface area contributed by atoms with E-state index in [2.05, 4.69) is 21.2 Å². The van der Waals surface area contributed by atoms with Gasteiger partial charge in [0.05, 0.1) is 5.69 Å². The van der Waals surface area contributed by atoms with Crippen LogP contribution in [0.2, 0.25) is 10.0 Å². The zero-order valence-electron chi connectivity index (χ0n) is 17.2. The molecule has 1 aliphatic rings. The predicted molar refractivity (Wildman–Crippen MR) is 130 cm³/mol. The number of nitrogens with one attached hydrogen (secondary N) is 1. The third-order valence-electron chi connectivity index (χ3n) is 4.86. The molecule has 6 nitrogen and oxygen atoms in total. The zero-order chi connectivity index (χ0) is 24.4. The maximum absolute atomic E-state index is 14.3. The minimum absolute atomic E-state index is 0.0911. The molecule has 1 saturated heterocycles. The van der Waals surface area contributed by atoms with Crippen LogP contribution in [0, 0.1) is 5.82 Å².